The van der Waals surface area contributed by atoms with E-state index in [4.69, 9.17) is 0 Å². The number of nitrogens with zero attached hydrogens (tertiary/aromatic N) is 2. The first-order valence-corrected chi connectivity index (χ1v) is 8.46. The second kappa shape index (κ2) is 7.77. The summed E-state index contributed by atoms with van der Waals surface area (Å²) in [6.07, 6.45) is 2.64. The molecule has 1 fully saturated rings. The first kappa shape index (κ1) is 17.6. The molecule has 0 spiro atoms. The van der Waals surface area contributed by atoms with Crippen LogP contribution in [-0.2, 0) is 16.0 Å². The maximum Gasteiger partial charge on any atom is 0.269 e. The van der Waals surface area contributed by atoms with Crippen molar-refractivity contribution >= 4 is 28.9 Å². The van der Waals surface area contributed by atoms with Crippen LogP contribution in [0.3, 0.4) is 0 Å². The summed E-state index contributed by atoms with van der Waals surface area (Å²) >= 11 is 0. The number of carbonyl (C=O) groups excluding carboxylic acids is 2. The molecule has 134 valence electrons. The van der Waals surface area contributed by atoms with Crippen LogP contribution in [0.4, 0.5) is 17.1 Å². The van der Waals surface area contributed by atoms with Gasteiger partial charge in [0, 0.05) is 36.5 Å². The van der Waals surface area contributed by atoms with Crippen molar-refractivity contribution in [3.8, 4) is 0 Å². The number of non-ortho nitro benzene ring substituents is 1. The zero-order chi connectivity index (χ0) is 18.5. The van der Waals surface area contributed by atoms with Crippen LogP contribution in [-0.4, -0.2) is 23.3 Å². The molecule has 0 atom stereocenters. The molecule has 3 rings (SSSR count). The molecule has 0 aromatic heterocycles. The van der Waals surface area contributed by atoms with Crippen LogP contribution in [0.15, 0.2) is 48.5 Å². The largest absolute Gasteiger partial charge is 0.326 e. The van der Waals surface area contributed by atoms with Gasteiger partial charge in [0.25, 0.3) is 5.69 Å². The summed E-state index contributed by atoms with van der Waals surface area (Å²) in [7, 11) is 0. The van der Waals surface area contributed by atoms with Crippen LogP contribution in [0.5, 0.6) is 0 Å². The summed E-state index contributed by atoms with van der Waals surface area (Å²) in [5.74, 6) is -0.0770. The summed E-state index contributed by atoms with van der Waals surface area (Å²) in [4.78, 5) is 36.0. The second-order valence-electron chi connectivity index (χ2n) is 6.20. The smallest absolute Gasteiger partial charge is 0.269 e. The fourth-order valence-electron chi connectivity index (χ4n) is 2.93. The predicted molar refractivity (Wildman–Crippen MR) is 98.1 cm³/mol. The monoisotopic (exact) mass is 353 g/mol. The maximum absolute atomic E-state index is 12.1. The fourth-order valence-corrected chi connectivity index (χ4v) is 2.93. The standard InChI is InChI=1S/C19H19N3O4/c23-18(13-14-4-8-17(9-5-14)22(25)26)20-15-6-10-16(11-7-15)21-12-2-1-3-19(21)24/h4-11H,1-3,12-13H2,(H,20,23). The summed E-state index contributed by atoms with van der Waals surface area (Å²) in [5, 5.41) is 13.4. The molecule has 1 aliphatic heterocycles. The number of nitro groups is 1. The SMILES string of the molecule is O=C(Cc1ccc([N+](=O)[O-])cc1)Nc1ccc(N2CCCCC2=O)cc1. The molecule has 0 bridgehead atoms. The summed E-state index contributed by atoms with van der Waals surface area (Å²) < 4.78 is 0. The van der Waals surface area contributed by atoms with Gasteiger partial charge in [0.1, 0.15) is 0 Å². The van der Waals surface area contributed by atoms with Gasteiger partial charge in [-0.05, 0) is 42.7 Å². The number of hydrogen-bond acceptors (Lipinski definition) is 4. The molecule has 0 radical (unpaired) electrons. The van der Waals surface area contributed by atoms with Gasteiger partial charge in [-0.1, -0.05) is 12.1 Å². The molecule has 7 nitrogen and oxygen atoms in total. The summed E-state index contributed by atoms with van der Waals surface area (Å²) in [6.45, 7) is 0.727. The Labute approximate surface area is 150 Å². The quantitative estimate of drug-likeness (QED) is 0.659. The van der Waals surface area contributed by atoms with E-state index in [1.807, 2.05) is 12.1 Å². The van der Waals surface area contributed by atoms with Crippen molar-refractivity contribution < 1.29 is 14.5 Å². The number of anilines is 2. The van der Waals surface area contributed by atoms with E-state index in [1.54, 1.807) is 29.2 Å². The van der Waals surface area contributed by atoms with Gasteiger partial charge in [-0.25, -0.2) is 0 Å². The van der Waals surface area contributed by atoms with Gasteiger partial charge in [-0.2, -0.15) is 0 Å². The van der Waals surface area contributed by atoms with Crippen molar-refractivity contribution in [2.45, 2.75) is 25.7 Å². The van der Waals surface area contributed by atoms with Crippen molar-refractivity contribution in [2.24, 2.45) is 0 Å². The minimum Gasteiger partial charge on any atom is -0.326 e. The Morgan fingerprint density at radius 1 is 1.08 bits per heavy atom. The number of nitro benzene ring substituents is 1. The number of benzene rings is 2. The van der Waals surface area contributed by atoms with Crippen LogP contribution in [0.2, 0.25) is 0 Å². The van der Waals surface area contributed by atoms with Gasteiger partial charge in [-0.15, -0.1) is 0 Å². The van der Waals surface area contributed by atoms with E-state index >= 15 is 0 Å². The van der Waals surface area contributed by atoms with Gasteiger partial charge in [0.15, 0.2) is 0 Å². The first-order chi connectivity index (χ1) is 12.5. The topological polar surface area (TPSA) is 92.5 Å². The van der Waals surface area contributed by atoms with Crippen LogP contribution in [0.1, 0.15) is 24.8 Å². The highest BCUT2D eigenvalue weighted by atomic mass is 16.6. The summed E-state index contributed by atoms with van der Waals surface area (Å²) in [5.41, 5.74) is 2.17. The molecule has 2 amide bonds. The molecule has 1 saturated heterocycles. The van der Waals surface area contributed by atoms with Crippen molar-refractivity contribution in [3.05, 3.63) is 64.2 Å². The number of rotatable bonds is 5. The van der Waals surface area contributed by atoms with Crippen molar-refractivity contribution in [1.82, 2.24) is 0 Å². The van der Waals surface area contributed by atoms with E-state index < -0.39 is 4.92 Å². The highest BCUT2D eigenvalue weighted by Gasteiger charge is 2.19. The molecule has 1 heterocycles. The maximum atomic E-state index is 12.1. The average molecular weight is 353 g/mol. The molecule has 7 heteroatoms. The molecule has 1 aliphatic rings. The van der Waals surface area contributed by atoms with E-state index in [0.717, 1.165) is 25.1 Å². The lowest BCUT2D eigenvalue weighted by Crippen LogP contribution is -2.35. The van der Waals surface area contributed by atoms with Gasteiger partial charge >= 0.3 is 0 Å². The Bertz CT molecular complexity index is 816. The Kier molecular flexibility index (Phi) is 5.26. The molecule has 0 unspecified atom stereocenters. The minimum absolute atomic E-state index is 0.00277. The zero-order valence-electron chi connectivity index (χ0n) is 14.2. The summed E-state index contributed by atoms with van der Waals surface area (Å²) in [6, 6.07) is 13.1. The minimum atomic E-state index is -0.474. The normalized spacial score (nSPS) is 14.2. The van der Waals surface area contributed by atoms with E-state index in [-0.39, 0.29) is 23.9 Å². The Morgan fingerprint density at radius 2 is 1.77 bits per heavy atom. The second-order valence-corrected chi connectivity index (χ2v) is 6.20. The number of nitrogens with one attached hydrogen (secondary N) is 1. The van der Waals surface area contributed by atoms with Crippen LogP contribution < -0.4 is 10.2 Å². The molecular weight excluding hydrogens is 334 g/mol. The third kappa shape index (κ3) is 4.24. The molecular formula is C19H19N3O4. The average Bonchev–Trinajstić information content (AvgIpc) is 2.63. The fraction of sp³-hybridized carbons (Fsp3) is 0.263. The van der Waals surface area contributed by atoms with Crippen molar-refractivity contribution in [3.63, 3.8) is 0 Å². The van der Waals surface area contributed by atoms with Gasteiger partial charge in [0.05, 0.1) is 11.3 Å². The molecule has 0 aliphatic carbocycles. The van der Waals surface area contributed by atoms with Crippen molar-refractivity contribution in [2.75, 3.05) is 16.8 Å². The molecule has 2 aromatic rings. The predicted octanol–water partition coefficient (Wildman–Crippen LogP) is 3.29. The lowest BCUT2D eigenvalue weighted by Gasteiger charge is -2.26. The highest BCUT2D eigenvalue weighted by molar-refractivity contribution is 5.95. The Balaban J connectivity index is 1.59. The van der Waals surface area contributed by atoms with E-state index in [1.165, 1.54) is 12.1 Å². The van der Waals surface area contributed by atoms with Crippen LogP contribution >= 0.6 is 0 Å². The van der Waals surface area contributed by atoms with E-state index in [9.17, 15) is 19.7 Å². The van der Waals surface area contributed by atoms with Gasteiger partial charge in [-0.3, -0.25) is 19.7 Å². The van der Waals surface area contributed by atoms with Crippen LogP contribution in [0.25, 0.3) is 0 Å². The number of carbonyl (C=O) groups is 2. The molecule has 26 heavy (non-hydrogen) atoms. The van der Waals surface area contributed by atoms with Crippen molar-refractivity contribution in [1.29, 1.82) is 0 Å². The lowest BCUT2D eigenvalue weighted by molar-refractivity contribution is -0.384. The molecule has 2 aromatic carbocycles. The zero-order valence-corrected chi connectivity index (χ0v) is 14.2. The van der Waals surface area contributed by atoms with E-state index in [2.05, 4.69) is 5.32 Å². The first-order valence-electron chi connectivity index (χ1n) is 8.46. The van der Waals surface area contributed by atoms with Gasteiger partial charge < -0.3 is 10.2 Å². The third-order valence-electron chi connectivity index (χ3n) is 4.30. The number of piperidine rings is 1. The van der Waals surface area contributed by atoms with E-state index in [0.29, 0.717) is 17.7 Å². The Hall–Kier alpha value is -3.22. The van der Waals surface area contributed by atoms with Crippen LogP contribution in [0, 0.1) is 10.1 Å². The lowest BCUT2D eigenvalue weighted by atomic mass is 10.1. The molecule has 0 saturated carbocycles. The van der Waals surface area contributed by atoms with Gasteiger partial charge in [0.2, 0.25) is 11.8 Å². The number of hydrogen-bond donors (Lipinski definition) is 1. The molecule has 1 N–H and O–H groups in total. The Morgan fingerprint density at radius 3 is 2.38 bits per heavy atom. The highest BCUT2D eigenvalue weighted by Crippen LogP contribution is 2.23. The number of amides is 2. The third-order valence-corrected chi connectivity index (χ3v) is 4.30.